The Balaban J connectivity index is 1.86. The van der Waals surface area contributed by atoms with Gasteiger partial charge in [0.1, 0.15) is 5.75 Å². The van der Waals surface area contributed by atoms with E-state index in [-0.39, 0.29) is 0 Å². The van der Waals surface area contributed by atoms with Gasteiger partial charge in [-0.2, -0.15) is 0 Å². The van der Waals surface area contributed by atoms with Crippen LogP contribution in [0.25, 0.3) is 0 Å². The quantitative estimate of drug-likeness (QED) is 0.656. The Hall–Kier alpha value is -2.54. The molecule has 0 unspecified atom stereocenters. The van der Waals surface area contributed by atoms with Gasteiger partial charge in [-0.1, -0.05) is 66.2 Å². The molecule has 0 radical (unpaired) electrons. The third-order valence-corrected chi connectivity index (χ3v) is 5.25. The molecule has 0 spiro atoms. The van der Waals surface area contributed by atoms with Crippen molar-refractivity contribution in [3.63, 3.8) is 0 Å². The molecule has 120 valence electrons. The number of rotatable bonds is 2. The molecule has 1 heteroatoms. The van der Waals surface area contributed by atoms with Crippen LogP contribution >= 0.6 is 0 Å². The standard InChI is InChI=1S/C23H22O/c1-16-7-9-18(10-8-16)23-21(17-5-3-2-4-6-17)13-11-19-15-20(24)12-14-22(19)23/h2-10,12,14-15,21,23-24H,11,13H2,1H3/t21-,23+/m0/s1. The van der Waals surface area contributed by atoms with Crippen molar-refractivity contribution in [2.75, 3.05) is 0 Å². The minimum absolute atomic E-state index is 0.345. The summed E-state index contributed by atoms with van der Waals surface area (Å²) in [6.07, 6.45) is 2.13. The van der Waals surface area contributed by atoms with Gasteiger partial charge in [0.2, 0.25) is 0 Å². The third kappa shape index (κ3) is 2.71. The third-order valence-electron chi connectivity index (χ3n) is 5.25. The minimum atomic E-state index is 0.345. The van der Waals surface area contributed by atoms with Crippen molar-refractivity contribution >= 4 is 0 Å². The fraction of sp³-hybridized carbons (Fsp3) is 0.217. The number of aromatic hydroxyl groups is 1. The maximum Gasteiger partial charge on any atom is 0.115 e. The second-order valence-corrected chi connectivity index (χ2v) is 6.83. The fourth-order valence-corrected chi connectivity index (χ4v) is 4.05. The van der Waals surface area contributed by atoms with Crippen LogP contribution in [0.4, 0.5) is 0 Å². The zero-order valence-electron chi connectivity index (χ0n) is 13.9. The first-order valence-electron chi connectivity index (χ1n) is 8.65. The van der Waals surface area contributed by atoms with Crippen molar-refractivity contribution < 1.29 is 5.11 Å². The fourth-order valence-electron chi connectivity index (χ4n) is 4.05. The summed E-state index contributed by atoms with van der Waals surface area (Å²) in [6, 6.07) is 25.7. The first-order valence-corrected chi connectivity index (χ1v) is 8.65. The van der Waals surface area contributed by atoms with Crippen LogP contribution in [0.5, 0.6) is 5.75 Å². The Labute approximate surface area is 143 Å². The molecule has 1 nitrogen and oxygen atoms in total. The summed E-state index contributed by atoms with van der Waals surface area (Å²) in [5.41, 5.74) is 6.70. The average Bonchev–Trinajstić information content (AvgIpc) is 2.62. The van der Waals surface area contributed by atoms with Crippen molar-refractivity contribution in [2.45, 2.75) is 31.6 Å². The van der Waals surface area contributed by atoms with Crippen molar-refractivity contribution in [1.82, 2.24) is 0 Å². The molecule has 0 aromatic heterocycles. The lowest BCUT2D eigenvalue weighted by Gasteiger charge is -2.34. The topological polar surface area (TPSA) is 20.2 Å². The van der Waals surface area contributed by atoms with E-state index in [0.717, 1.165) is 12.8 Å². The number of fused-ring (bicyclic) bond motifs is 1. The molecule has 0 heterocycles. The second-order valence-electron chi connectivity index (χ2n) is 6.83. The van der Waals surface area contributed by atoms with E-state index < -0.39 is 0 Å². The summed E-state index contributed by atoms with van der Waals surface area (Å²) in [5.74, 6) is 1.19. The molecule has 1 aliphatic rings. The lowest BCUT2D eigenvalue weighted by Crippen LogP contribution is -2.20. The Kier molecular flexibility index (Phi) is 3.86. The van der Waals surface area contributed by atoms with Crippen molar-refractivity contribution in [3.8, 4) is 5.75 Å². The molecule has 0 saturated heterocycles. The van der Waals surface area contributed by atoms with E-state index in [4.69, 9.17) is 0 Å². The van der Waals surface area contributed by atoms with Crippen LogP contribution in [-0.4, -0.2) is 5.11 Å². The van der Waals surface area contributed by atoms with Gasteiger partial charge in [-0.25, -0.2) is 0 Å². The molecule has 0 amide bonds. The van der Waals surface area contributed by atoms with Crippen LogP contribution < -0.4 is 0 Å². The molecule has 0 aliphatic heterocycles. The van der Waals surface area contributed by atoms with E-state index >= 15 is 0 Å². The molecule has 24 heavy (non-hydrogen) atoms. The molecule has 1 N–H and O–H groups in total. The van der Waals surface area contributed by atoms with Gasteiger partial charge in [0.05, 0.1) is 0 Å². The van der Waals surface area contributed by atoms with Gasteiger partial charge in [-0.15, -0.1) is 0 Å². The van der Waals surface area contributed by atoms with E-state index in [0.29, 0.717) is 17.6 Å². The molecule has 0 bridgehead atoms. The smallest absolute Gasteiger partial charge is 0.115 e. The molecule has 1 aliphatic carbocycles. The second kappa shape index (κ2) is 6.16. The van der Waals surface area contributed by atoms with Crippen LogP contribution in [0, 0.1) is 6.92 Å². The molecule has 3 aromatic rings. The zero-order chi connectivity index (χ0) is 16.5. The van der Waals surface area contributed by atoms with E-state index in [1.807, 2.05) is 12.1 Å². The normalized spacial score (nSPS) is 19.7. The Morgan fingerprint density at radius 1 is 0.833 bits per heavy atom. The van der Waals surface area contributed by atoms with E-state index in [9.17, 15) is 5.11 Å². The van der Waals surface area contributed by atoms with E-state index in [1.54, 1.807) is 0 Å². The van der Waals surface area contributed by atoms with Crippen molar-refractivity contribution in [2.24, 2.45) is 0 Å². The van der Waals surface area contributed by atoms with Gasteiger partial charge < -0.3 is 5.11 Å². The molecule has 2 atom stereocenters. The van der Waals surface area contributed by atoms with Gasteiger partial charge in [-0.3, -0.25) is 0 Å². The van der Waals surface area contributed by atoms with Crippen LogP contribution in [0.3, 0.4) is 0 Å². The highest BCUT2D eigenvalue weighted by atomic mass is 16.3. The molecular weight excluding hydrogens is 292 g/mol. The largest absolute Gasteiger partial charge is 0.508 e. The summed E-state index contributed by atoms with van der Waals surface area (Å²) in [7, 11) is 0. The van der Waals surface area contributed by atoms with Gasteiger partial charge in [0.25, 0.3) is 0 Å². The Morgan fingerprint density at radius 3 is 2.33 bits per heavy atom. The summed E-state index contributed by atoms with van der Waals surface area (Å²) < 4.78 is 0. The van der Waals surface area contributed by atoms with Crippen LogP contribution in [0.1, 0.15) is 46.1 Å². The average molecular weight is 314 g/mol. The Morgan fingerprint density at radius 2 is 1.58 bits per heavy atom. The molecular formula is C23H22O. The summed E-state index contributed by atoms with van der Waals surface area (Å²) in [4.78, 5) is 0. The summed E-state index contributed by atoms with van der Waals surface area (Å²) in [5, 5.41) is 9.86. The number of benzene rings is 3. The highest BCUT2D eigenvalue weighted by Gasteiger charge is 2.31. The predicted molar refractivity (Wildman–Crippen MR) is 98.6 cm³/mol. The van der Waals surface area contributed by atoms with Gasteiger partial charge >= 0.3 is 0 Å². The molecule has 3 aromatic carbocycles. The lowest BCUT2D eigenvalue weighted by molar-refractivity contribution is 0.469. The first kappa shape index (κ1) is 15.0. The SMILES string of the molecule is Cc1ccc([C@H]2c3ccc(O)cc3CC[C@H]2c2ccccc2)cc1. The number of hydrogen-bond donors (Lipinski definition) is 1. The van der Waals surface area contributed by atoms with E-state index in [1.165, 1.54) is 27.8 Å². The van der Waals surface area contributed by atoms with Crippen molar-refractivity contribution in [3.05, 3.63) is 101 Å². The Bertz CT molecular complexity index is 834. The van der Waals surface area contributed by atoms with Crippen LogP contribution in [0.15, 0.2) is 72.8 Å². The van der Waals surface area contributed by atoms with Gasteiger partial charge in [-0.05, 0) is 60.1 Å². The number of phenolic OH excluding ortho intramolecular Hbond substituents is 1. The molecule has 0 fully saturated rings. The molecule has 0 saturated carbocycles. The van der Waals surface area contributed by atoms with Crippen molar-refractivity contribution in [1.29, 1.82) is 0 Å². The highest BCUT2D eigenvalue weighted by molar-refractivity contribution is 5.47. The van der Waals surface area contributed by atoms with Gasteiger partial charge in [0, 0.05) is 5.92 Å². The molecule has 4 rings (SSSR count). The first-order chi connectivity index (χ1) is 11.7. The predicted octanol–water partition coefficient (Wildman–Crippen LogP) is 5.56. The van der Waals surface area contributed by atoms with Crippen LogP contribution in [-0.2, 0) is 6.42 Å². The summed E-state index contributed by atoms with van der Waals surface area (Å²) >= 11 is 0. The maximum atomic E-state index is 9.86. The number of hydrogen-bond acceptors (Lipinski definition) is 1. The lowest BCUT2D eigenvalue weighted by atomic mass is 9.69. The number of phenols is 1. The minimum Gasteiger partial charge on any atom is -0.508 e. The summed E-state index contributed by atoms with van der Waals surface area (Å²) in [6.45, 7) is 2.13. The van der Waals surface area contributed by atoms with Gasteiger partial charge in [0.15, 0.2) is 0 Å². The maximum absolute atomic E-state index is 9.86. The monoisotopic (exact) mass is 314 g/mol. The zero-order valence-corrected chi connectivity index (χ0v) is 13.9. The van der Waals surface area contributed by atoms with Crippen LogP contribution in [0.2, 0.25) is 0 Å². The number of aryl methyl sites for hydroxylation is 2. The van der Waals surface area contributed by atoms with E-state index in [2.05, 4.69) is 67.6 Å². The highest BCUT2D eigenvalue weighted by Crippen LogP contribution is 2.46.